The highest BCUT2D eigenvalue weighted by molar-refractivity contribution is 7.10. The summed E-state index contributed by atoms with van der Waals surface area (Å²) in [5, 5.41) is 5.01. The van der Waals surface area contributed by atoms with Gasteiger partial charge in [0.25, 0.3) is 5.91 Å². The summed E-state index contributed by atoms with van der Waals surface area (Å²) in [6, 6.07) is 11.7. The average molecular weight is 274 g/mol. The molecule has 1 atom stereocenters. The first-order valence-electron chi connectivity index (χ1n) is 6.34. The Labute approximate surface area is 117 Å². The Morgan fingerprint density at radius 2 is 2.05 bits per heavy atom. The number of amides is 1. The minimum absolute atomic E-state index is 0.0382. The summed E-state index contributed by atoms with van der Waals surface area (Å²) < 4.78 is 0. The zero-order valence-electron chi connectivity index (χ0n) is 10.9. The molecule has 0 saturated heterocycles. The van der Waals surface area contributed by atoms with Crippen LogP contribution in [0.1, 0.15) is 33.8 Å². The fraction of sp³-hybridized carbons (Fsp3) is 0.267. The van der Waals surface area contributed by atoms with Crippen LogP contribution < -0.4 is 11.1 Å². The van der Waals surface area contributed by atoms with E-state index in [1.54, 1.807) is 11.3 Å². The monoisotopic (exact) mass is 274 g/mol. The molecule has 0 fully saturated rings. The van der Waals surface area contributed by atoms with E-state index in [-0.39, 0.29) is 11.9 Å². The minimum atomic E-state index is -0.0415. The molecule has 2 rings (SSSR count). The van der Waals surface area contributed by atoms with Crippen LogP contribution in [-0.4, -0.2) is 12.5 Å². The molecular formula is C15H18N2OS. The van der Waals surface area contributed by atoms with E-state index in [4.69, 9.17) is 5.73 Å². The molecule has 0 unspecified atom stereocenters. The Morgan fingerprint density at radius 1 is 1.32 bits per heavy atom. The van der Waals surface area contributed by atoms with Gasteiger partial charge in [0, 0.05) is 10.4 Å². The minimum Gasteiger partial charge on any atom is -0.345 e. The molecule has 1 amide bonds. The van der Waals surface area contributed by atoms with Gasteiger partial charge in [-0.3, -0.25) is 4.79 Å². The number of hydrogen-bond acceptors (Lipinski definition) is 3. The van der Waals surface area contributed by atoms with Gasteiger partial charge in [-0.05, 0) is 49.0 Å². The van der Waals surface area contributed by atoms with Crippen LogP contribution in [0.4, 0.5) is 0 Å². The highest BCUT2D eigenvalue weighted by atomic mass is 32.1. The lowest BCUT2D eigenvalue weighted by Gasteiger charge is -2.12. The van der Waals surface area contributed by atoms with Gasteiger partial charge in [0.1, 0.15) is 0 Å². The number of hydrogen-bond donors (Lipinski definition) is 2. The van der Waals surface area contributed by atoms with Crippen molar-refractivity contribution in [3.63, 3.8) is 0 Å². The molecule has 1 heterocycles. The van der Waals surface area contributed by atoms with Crippen molar-refractivity contribution >= 4 is 17.2 Å². The summed E-state index contributed by atoms with van der Waals surface area (Å²) in [5.41, 5.74) is 7.34. The summed E-state index contributed by atoms with van der Waals surface area (Å²) in [7, 11) is 0. The second kappa shape index (κ2) is 6.50. The van der Waals surface area contributed by atoms with E-state index in [9.17, 15) is 4.79 Å². The molecule has 1 aromatic carbocycles. The van der Waals surface area contributed by atoms with Crippen molar-refractivity contribution in [2.45, 2.75) is 19.4 Å². The van der Waals surface area contributed by atoms with Crippen LogP contribution in [0.2, 0.25) is 0 Å². The summed E-state index contributed by atoms with van der Waals surface area (Å²) in [4.78, 5) is 13.2. The van der Waals surface area contributed by atoms with Crippen LogP contribution in [0.5, 0.6) is 0 Å². The number of carbonyl (C=O) groups excluding carboxylic acids is 1. The van der Waals surface area contributed by atoms with E-state index in [0.29, 0.717) is 12.1 Å². The molecule has 3 nitrogen and oxygen atoms in total. The third-order valence-corrected chi connectivity index (χ3v) is 4.02. The van der Waals surface area contributed by atoms with Crippen LogP contribution in [-0.2, 0) is 6.42 Å². The quantitative estimate of drug-likeness (QED) is 0.881. The molecule has 0 radical (unpaired) electrons. The van der Waals surface area contributed by atoms with Gasteiger partial charge in [-0.25, -0.2) is 0 Å². The molecule has 1 aromatic heterocycles. The summed E-state index contributed by atoms with van der Waals surface area (Å²) in [6.45, 7) is 2.62. The van der Waals surface area contributed by atoms with Crippen LogP contribution in [0.25, 0.3) is 0 Å². The van der Waals surface area contributed by atoms with Crippen LogP contribution in [0, 0.1) is 0 Å². The second-order valence-electron chi connectivity index (χ2n) is 4.45. The van der Waals surface area contributed by atoms with Crippen molar-refractivity contribution in [1.29, 1.82) is 0 Å². The zero-order valence-corrected chi connectivity index (χ0v) is 11.7. The Kier molecular flexibility index (Phi) is 4.71. The lowest BCUT2D eigenvalue weighted by molar-refractivity contribution is 0.0940. The van der Waals surface area contributed by atoms with Gasteiger partial charge >= 0.3 is 0 Å². The Morgan fingerprint density at radius 3 is 2.63 bits per heavy atom. The predicted molar refractivity (Wildman–Crippen MR) is 79.4 cm³/mol. The number of carbonyl (C=O) groups is 1. The van der Waals surface area contributed by atoms with Crippen LogP contribution in [0.15, 0.2) is 41.8 Å². The second-order valence-corrected chi connectivity index (χ2v) is 5.43. The molecule has 0 aliphatic rings. The summed E-state index contributed by atoms with van der Waals surface area (Å²) >= 11 is 1.65. The third-order valence-electron chi connectivity index (χ3n) is 2.97. The predicted octanol–water partition coefficient (Wildman–Crippen LogP) is 2.74. The highest BCUT2D eigenvalue weighted by Gasteiger charge is 2.11. The van der Waals surface area contributed by atoms with Crippen molar-refractivity contribution in [1.82, 2.24) is 5.32 Å². The van der Waals surface area contributed by atoms with Gasteiger partial charge in [-0.1, -0.05) is 18.2 Å². The molecule has 100 valence electrons. The Hall–Kier alpha value is -1.65. The molecular weight excluding hydrogens is 256 g/mol. The standard InChI is InChI=1S/C15H18N2OS/c1-11(14-3-2-10-19-14)17-15(18)13-6-4-12(5-7-13)8-9-16/h2-7,10-11H,8-9,16H2,1H3,(H,17,18)/t11-/m0/s1. The maximum absolute atomic E-state index is 12.1. The van der Waals surface area contributed by atoms with E-state index in [1.807, 2.05) is 48.7 Å². The lowest BCUT2D eigenvalue weighted by atomic mass is 10.1. The largest absolute Gasteiger partial charge is 0.345 e. The van der Waals surface area contributed by atoms with Crippen molar-refractivity contribution in [3.05, 3.63) is 57.8 Å². The van der Waals surface area contributed by atoms with Crippen molar-refractivity contribution in [2.24, 2.45) is 5.73 Å². The molecule has 0 bridgehead atoms. The fourth-order valence-corrected chi connectivity index (χ4v) is 2.61. The molecule has 3 N–H and O–H groups in total. The molecule has 2 aromatic rings. The molecule has 19 heavy (non-hydrogen) atoms. The highest BCUT2D eigenvalue weighted by Crippen LogP contribution is 2.18. The first-order chi connectivity index (χ1) is 9.20. The van der Waals surface area contributed by atoms with Crippen molar-refractivity contribution in [3.8, 4) is 0 Å². The number of rotatable bonds is 5. The van der Waals surface area contributed by atoms with Crippen LogP contribution >= 0.6 is 11.3 Å². The molecule has 0 aliphatic heterocycles. The summed E-state index contributed by atoms with van der Waals surface area (Å²) in [5.74, 6) is -0.0415. The fourth-order valence-electron chi connectivity index (χ4n) is 1.88. The third kappa shape index (κ3) is 3.66. The smallest absolute Gasteiger partial charge is 0.251 e. The summed E-state index contributed by atoms with van der Waals surface area (Å²) in [6.07, 6.45) is 0.841. The van der Waals surface area contributed by atoms with E-state index < -0.39 is 0 Å². The van der Waals surface area contributed by atoms with Gasteiger partial charge in [-0.2, -0.15) is 0 Å². The van der Waals surface area contributed by atoms with Gasteiger partial charge in [0.15, 0.2) is 0 Å². The normalized spacial score (nSPS) is 12.1. The van der Waals surface area contributed by atoms with E-state index >= 15 is 0 Å². The number of nitrogens with one attached hydrogen (secondary N) is 1. The molecule has 0 aliphatic carbocycles. The zero-order chi connectivity index (χ0) is 13.7. The Bertz CT molecular complexity index is 520. The molecule has 0 saturated carbocycles. The number of benzene rings is 1. The maximum atomic E-state index is 12.1. The lowest BCUT2D eigenvalue weighted by Crippen LogP contribution is -2.26. The topological polar surface area (TPSA) is 55.1 Å². The number of thiophene rings is 1. The van der Waals surface area contributed by atoms with Crippen molar-refractivity contribution in [2.75, 3.05) is 6.54 Å². The van der Waals surface area contributed by atoms with E-state index in [0.717, 1.165) is 16.9 Å². The maximum Gasteiger partial charge on any atom is 0.251 e. The van der Waals surface area contributed by atoms with Gasteiger partial charge in [-0.15, -0.1) is 11.3 Å². The first-order valence-corrected chi connectivity index (χ1v) is 7.22. The molecule has 0 spiro atoms. The van der Waals surface area contributed by atoms with Gasteiger partial charge in [0.2, 0.25) is 0 Å². The average Bonchev–Trinajstić information content (AvgIpc) is 2.94. The van der Waals surface area contributed by atoms with Crippen molar-refractivity contribution < 1.29 is 4.79 Å². The van der Waals surface area contributed by atoms with Crippen LogP contribution in [0.3, 0.4) is 0 Å². The Balaban J connectivity index is 1.99. The van der Waals surface area contributed by atoms with E-state index in [1.165, 1.54) is 0 Å². The van der Waals surface area contributed by atoms with Gasteiger partial charge in [0.05, 0.1) is 6.04 Å². The van der Waals surface area contributed by atoms with Gasteiger partial charge < -0.3 is 11.1 Å². The van der Waals surface area contributed by atoms with E-state index in [2.05, 4.69) is 5.32 Å². The first kappa shape index (κ1) is 13.8. The SMILES string of the molecule is C[C@H](NC(=O)c1ccc(CCN)cc1)c1cccs1. The molecule has 4 heteroatoms. The number of nitrogens with two attached hydrogens (primary N) is 1.